The Kier molecular flexibility index (Phi) is 4.39. The lowest BCUT2D eigenvalue weighted by Gasteiger charge is -2.11. The fraction of sp³-hybridized carbons (Fsp3) is 0.0588. The molecule has 0 heterocycles. The van der Waals surface area contributed by atoms with Gasteiger partial charge in [0.25, 0.3) is 10.1 Å². The molecule has 3 aromatic rings. The molecule has 8 heteroatoms. The SMILES string of the molecule is CN=Nc1c(S(=O)(=O)O)cc2cc(Nc3ccccc3)ccc2c1O. The maximum Gasteiger partial charge on any atom is 0.296 e. The summed E-state index contributed by atoms with van der Waals surface area (Å²) in [7, 11) is -3.24. The number of benzene rings is 3. The smallest absolute Gasteiger partial charge is 0.296 e. The van der Waals surface area contributed by atoms with Gasteiger partial charge < -0.3 is 10.4 Å². The number of phenolic OH excluding ortho intramolecular Hbond substituents is 1. The first kappa shape index (κ1) is 16.9. The molecule has 0 aliphatic carbocycles. The third-order valence-corrected chi connectivity index (χ3v) is 4.46. The van der Waals surface area contributed by atoms with Gasteiger partial charge in [0.05, 0.1) is 0 Å². The number of fused-ring (bicyclic) bond motifs is 1. The van der Waals surface area contributed by atoms with Crippen LogP contribution in [0.25, 0.3) is 10.8 Å². The molecule has 0 unspecified atom stereocenters. The van der Waals surface area contributed by atoms with E-state index in [4.69, 9.17) is 0 Å². The van der Waals surface area contributed by atoms with Gasteiger partial charge in [0, 0.05) is 23.8 Å². The van der Waals surface area contributed by atoms with Gasteiger partial charge in [0.1, 0.15) is 10.6 Å². The fourth-order valence-electron chi connectivity index (χ4n) is 2.51. The third-order valence-electron chi connectivity index (χ3n) is 3.59. The van der Waals surface area contributed by atoms with Crippen molar-refractivity contribution in [2.75, 3.05) is 12.4 Å². The summed E-state index contributed by atoms with van der Waals surface area (Å²) >= 11 is 0. The predicted molar refractivity (Wildman–Crippen MR) is 95.6 cm³/mol. The van der Waals surface area contributed by atoms with Crippen LogP contribution in [0.2, 0.25) is 0 Å². The molecule has 0 saturated carbocycles. The minimum absolute atomic E-state index is 0.290. The Bertz CT molecular complexity index is 1060. The molecule has 0 aliphatic heterocycles. The Hall–Kier alpha value is -2.97. The number of para-hydroxylation sites is 1. The lowest BCUT2D eigenvalue weighted by atomic mass is 10.1. The first-order valence-corrected chi connectivity index (χ1v) is 8.73. The van der Waals surface area contributed by atoms with Crippen LogP contribution < -0.4 is 5.32 Å². The molecular weight excluding hydrogens is 342 g/mol. The van der Waals surface area contributed by atoms with E-state index in [0.29, 0.717) is 16.5 Å². The van der Waals surface area contributed by atoms with Crippen LogP contribution in [-0.2, 0) is 10.1 Å². The zero-order valence-electron chi connectivity index (χ0n) is 13.2. The van der Waals surface area contributed by atoms with E-state index in [9.17, 15) is 18.1 Å². The zero-order chi connectivity index (χ0) is 18.0. The Labute approximate surface area is 144 Å². The maximum absolute atomic E-state index is 11.6. The van der Waals surface area contributed by atoms with Gasteiger partial charge in [0.15, 0.2) is 5.75 Å². The number of aromatic hydroxyl groups is 1. The number of hydrogen-bond donors (Lipinski definition) is 3. The number of nitrogens with one attached hydrogen (secondary N) is 1. The molecule has 0 amide bonds. The Balaban J connectivity index is 2.18. The summed E-state index contributed by atoms with van der Waals surface area (Å²) in [5.74, 6) is -0.359. The number of anilines is 2. The minimum Gasteiger partial charge on any atom is -0.505 e. The summed E-state index contributed by atoms with van der Waals surface area (Å²) in [6.45, 7) is 0. The molecule has 7 nitrogen and oxygen atoms in total. The minimum atomic E-state index is -4.58. The van der Waals surface area contributed by atoms with Crippen molar-refractivity contribution < 1.29 is 18.1 Å². The monoisotopic (exact) mass is 357 g/mol. The number of nitrogens with zero attached hydrogens (tertiary/aromatic N) is 2. The molecule has 0 aliphatic rings. The van der Waals surface area contributed by atoms with Gasteiger partial charge in [-0.15, -0.1) is 0 Å². The van der Waals surface area contributed by atoms with Crippen LogP contribution >= 0.6 is 0 Å². The summed E-state index contributed by atoms with van der Waals surface area (Å²) in [6, 6.07) is 15.7. The van der Waals surface area contributed by atoms with E-state index in [1.165, 1.54) is 13.1 Å². The van der Waals surface area contributed by atoms with Crippen molar-refractivity contribution in [3.63, 3.8) is 0 Å². The van der Waals surface area contributed by atoms with E-state index in [1.54, 1.807) is 18.2 Å². The molecule has 3 N–H and O–H groups in total. The molecular formula is C17H15N3O4S. The molecule has 3 aromatic carbocycles. The van der Waals surface area contributed by atoms with Crippen LogP contribution in [0, 0.1) is 0 Å². The van der Waals surface area contributed by atoms with Crippen LogP contribution in [0.5, 0.6) is 5.75 Å². The van der Waals surface area contributed by atoms with Crippen molar-refractivity contribution in [2.24, 2.45) is 10.2 Å². The standard InChI is InChI=1S/C17H15N3O4S/c1-18-20-16-15(25(22,23)24)10-11-9-13(7-8-14(11)17(16)21)19-12-5-3-2-4-6-12/h2-10,19,21H,1H3,(H,22,23,24). The highest BCUT2D eigenvalue weighted by Crippen LogP contribution is 2.41. The second-order valence-electron chi connectivity index (χ2n) is 5.27. The highest BCUT2D eigenvalue weighted by molar-refractivity contribution is 7.86. The molecule has 0 fully saturated rings. The molecule has 0 saturated heterocycles. The van der Waals surface area contributed by atoms with Gasteiger partial charge in [-0.3, -0.25) is 4.55 Å². The number of rotatable bonds is 4. The Morgan fingerprint density at radius 1 is 1.00 bits per heavy atom. The number of hydrogen-bond acceptors (Lipinski definition) is 6. The lowest BCUT2D eigenvalue weighted by Crippen LogP contribution is -1.99. The van der Waals surface area contributed by atoms with Crippen molar-refractivity contribution in [1.82, 2.24) is 0 Å². The molecule has 0 bridgehead atoms. The average Bonchev–Trinajstić information content (AvgIpc) is 2.57. The highest BCUT2D eigenvalue weighted by Gasteiger charge is 2.21. The van der Waals surface area contributed by atoms with E-state index < -0.39 is 15.0 Å². The summed E-state index contributed by atoms with van der Waals surface area (Å²) in [5.41, 5.74) is 1.27. The second-order valence-corrected chi connectivity index (χ2v) is 6.66. The van der Waals surface area contributed by atoms with E-state index in [0.717, 1.165) is 5.69 Å². The van der Waals surface area contributed by atoms with E-state index in [2.05, 4.69) is 15.5 Å². The fourth-order valence-corrected chi connectivity index (χ4v) is 3.17. The van der Waals surface area contributed by atoms with Crippen LogP contribution in [0.3, 0.4) is 0 Å². The highest BCUT2D eigenvalue weighted by atomic mass is 32.2. The van der Waals surface area contributed by atoms with Crippen molar-refractivity contribution >= 4 is 38.0 Å². The van der Waals surface area contributed by atoms with Crippen molar-refractivity contribution in [2.45, 2.75) is 4.90 Å². The van der Waals surface area contributed by atoms with Crippen LogP contribution in [0.4, 0.5) is 17.1 Å². The first-order chi connectivity index (χ1) is 11.9. The summed E-state index contributed by atoms with van der Waals surface area (Å²) in [4.78, 5) is -0.500. The molecule has 128 valence electrons. The van der Waals surface area contributed by atoms with Gasteiger partial charge >= 0.3 is 0 Å². The normalized spacial score (nSPS) is 11.9. The second kappa shape index (κ2) is 6.50. The zero-order valence-corrected chi connectivity index (χ0v) is 14.0. The quantitative estimate of drug-likeness (QED) is 0.477. The van der Waals surface area contributed by atoms with E-state index in [1.807, 2.05) is 30.3 Å². The van der Waals surface area contributed by atoms with Gasteiger partial charge in [-0.1, -0.05) is 18.2 Å². The topological polar surface area (TPSA) is 111 Å². The first-order valence-electron chi connectivity index (χ1n) is 7.29. The molecule has 0 radical (unpaired) electrons. The Morgan fingerprint density at radius 3 is 2.36 bits per heavy atom. The molecule has 3 rings (SSSR count). The lowest BCUT2D eigenvalue weighted by molar-refractivity contribution is 0.472. The van der Waals surface area contributed by atoms with Crippen LogP contribution in [0.1, 0.15) is 0 Å². The average molecular weight is 357 g/mol. The maximum atomic E-state index is 11.6. The van der Waals surface area contributed by atoms with Crippen molar-refractivity contribution in [1.29, 1.82) is 0 Å². The Morgan fingerprint density at radius 2 is 1.72 bits per heavy atom. The number of phenols is 1. The molecule has 0 spiro atoms. The van der Waals surface area contributed by atoms with Crippen molar-refractivity contribution in [3.05, 3.63) is 54.6 Å². The number of azo groups is 1. The van der Waals surface area contributed by atoms with Gasteiger partial charge in [-0.05, 0) is 41.8 Å². The predicted octanol–water partition coefficient (Wildman–Crippen LogP) is 4.25. The molecule has 0 atom stereocenters. The molecule has 0 aromatic heterocycles. The van der Waals surface area contributed by atoms with Crippen LogP contribution in [-0.4, -0.2) is 25.1 Å². The summed E-state index contributed by atoms with van der Waals surface area (Å²) in [5, 5.41) is 21.5. The van der Waals surface area contributed by atoms with Gasteiger partial charge in [-0.25, -0.2) is 0 Å². The summed E-state index contributed by atoms with van der Waals surface area (Å²) in [6.07, 6.45) is 0. The van der Waals surface area contributed by atoms with Crippen molar-refractivity contribution in [3.8, 4) is 5.75 Å². The van der Waals surface area contributed by atoms with Gasteiger partial charge in [0.2, 0.25) is 0 Å². The van der Waals surface area contributed by atoms with Crippen LogP contribution in [0.15, 0.2) is 69.7 Å². The van der Waals surface area contributed by atoms with Gasteiger partial charge in [-0.2, -0.15) is 18.6 Å². The molecule has 25 heavy (non-hydrogen) atoms. The van der Waals surface area contributed by atoms with E-state index in [-0.39, 0.29) is 11.4 Å². The third kappa shape index (κ3) is 3.44. The van der Waals surface area contributed by atoms with E-state index >= 15 is 0 Å². The summed E-state index contributed by atoms with van der Waals surface area (Å²) < 4.78 is 32.7. The largest absolute Gasteiger partial charge is 0.505 e.